The van der Waals surface area contributed by atoms with Crippen LogP contribution in [-0.4, -0.2) is 35.6 Å². The van der Waals surface area contributed by atoms with Gasteiger partial charge in [0.2, 0.25) is 5.91 Å². The highest BCUT2D eigenvalue weighted by Crippen LogP contribution is 2.42. The van der Waals surface area contributed by atoms with Gasteiger partial charge in [0, 0.05) is 19.5 Å². The highest BCUT2D eigenvalue weighted by atomic mass is 79.9. The molecule has 1 aromatic carbocycles. The second kappa shape index (κ2) is 6.76. The molecule has 0 radical (unpaired) electrons. The van der Waals surface area contributed by atoms with Gasteiger partial charge in [-0.2, -0.15) is 0 Å². The number of rotatable bonds is 2. The van der Waals surface area contributed by atoms with Crippen LogP contribution in [0.2, 0.25) is 0 Å². The van der Waals surface area contributed by atoms with Gasteiger partial charge in [0.15, 0.2) is 0 Å². The van der Waals surface area contributed by atoms with Crippen molar-refractivity contribution >= 4 is 45.0 Å². The lowest BCUT2D eigenvalue weighted by atomic mass is 10.1. The maximum Gasteiger partial charge on any atom is 0.414 e. The van der Waals surface area contributed by atoms with Crippen LogP contribution < -0.4 is 9.80 Å². The molecule has 1 unspecified atom stereocenters. The molecule has 0 saturated carbocycles. The average Bonchev–Trinajstić information content (AvgIpc) is 2.44. The van der Waals surface area contributed by atoms with Crippen LogP contribution in [0.3, 0.4) is 0 Å². The Kier molecular flexibility index (Phi) is 5.12. The number of halogens is 1. The summed E-state index contributed by atoms with van der Waals surface area (Å²) >= 11 is 3.15. The molecule has 1 atom stereocenters. The molecule has 2 rings (SSSR count). The van der Waals surface area contributed by atoms with Gasteiger partial charge in [-0.05, 0) is 42.8 Å². The minimum Gasteiger partial charge on any atom is -0.446 e. The van der Waals surface area contributed by atoms with Crippen LogP contribution in [0.15, 0.2) is 16.6 Å². The van der Waals surface area contributed by atoms with Crippen LogP contribution in [0.4, 0.5) is 21.9 Å². The van der Waals surface area contributed by atoms with Crippen molar-refractivity contribution in [3.8, 4) is 0 Å². The van der Waals surface area contributed by atoms with Gasteiger partial charge in [-0.3, -0.25) is 19.8 Å². The Labute approximate surface area is 147 Å². The fourth-order valence-electron chi connectivity index (χ4n) is 2.69. The van der Waals surface area contributed by atoms with E-state index >= 15 is 0 Å². The Morgan fingerprint density at radius 3 is 2.50 bits per heavy atom. The molecular formula is C15H18BrN3O5. The van der Waals surface area contributed by atoms with Gasteiger partial charge < -0.3 is 9.64 Å². The van der Waals surface area contributed by atoms with Gasteiger partial charge in [-0.15, -0.1) is 0 Å². The Hall–Kier alpha value is -2.16. The van der Waals surface area contributed by atoms with Crippen molar-refractivity contribution in [3.63, 3.8) is 0 Å². The Morgan fingerprint density at radius 1 is 1.38 bits per heavy atom. The van der Waals surface area contributed by atoms with E-state index in [2.05, 4.69) is 15.9 Å². The summed E-state index contributed by atoms with van der Waals surface area (Å²) < 4.78 is 5.47. The fourth-order valence-corrected chi connectivity index (χ4v) is 3.17. The van der Waals surface area contributed by atoms with Crippen LogP contribution in [-0.2, 0) is 9.53 Å². The number of nitro benzene ring substituents is 1. The second-order valence-electron chi connectivity index (χ2n) is 5.83. The van der Waals surface area contributed by atoms with E-state index in [-0.39, 0.29) is 34.8 Å². The summed E-state index contributed by atoms with van der Waals surface area (Å²) in [5, 5.41) is 11.2. The molecule has 0 aliphatic carbocycles. The first-order valence-corrected chi connectivity index (χ1v) is 8.18. The SMILES string of the molecule is CC(=O)N1c2cc([N+](=O)[O-])c(Br)cc2N(C(=O)OC(C)C)CC1C. The van der Waals surface area contributed by atoms with E-state index in [4.69, 9.17) is 4.74 Å². The van der Waals surface area contributed by atoms with Crippen molar-refractivity contribution in [3.05, 3.63) is 26.7 Å². The summed E-state index contributed by atoms with van der Waals surface area (Å²) in [4.78, 5) is 37.9. The van der Waals surface area contributed by atoms with Crippen molar-refractivity contribution in [2.45, 2.75) is 39.8 Å². The van der Waals surface area contributed by atoms with Gasteiger partial charge in [0.1, 0.15) is 0 Å². The molecule has 1 aliphatic rings. The lowest BCUT2D eigenvalue weighted by Gasteiger charge is -2.40. The van der Waals surface area contributed by atoms with Crippen molar-refractivity contribution < 1.29 is 19.2 Å². The number of fused-ring (bicyclic) bond motifs is 1. The van der Waals surface area contributed by atoms with E-state index in [1.165, 1.54) is 28.9 Å². The number of benzene rings is 1. The van der Waals surface area contributed by atoms with Crippen molar-refractivity contribution in [2.24, 2.45) is 0 Å². The summed E-state index contributed by atoms with van der Waals surface area (Å²) in [5.41, 5.74) is 0.537. The van der Waals surface area contributed by atoms with Crippen LogP contribution in [0, 0.1) is 10.1 Å². The Morgan fingerprint density at radius 2 is 2.00 bits per heavy atom. The number of carbonyl (C=O) groups excluding carboxylic acids is 2. The number of nitrogens with zero attached hydrogens (tertiary/aromatic N) is 3. The van der Waals surface area contributed by atoms with Gasteiger partial charge in [-0.1, -0.05) is 0 Å². The maximum absolute atomic E-state index is 12.4. The molecule has 1 aromatic rings. The predicted molar refractivity (Wildman–Crippen MR) is 92.4 cm³/mol. The number of hydrogen-bond donors (Lipinski definition) is 0. The normalized spacial score (nSPS) is 16.8. The van der Waals surface area contributed by atoms with Crippen molar-refractivity contribution in [1.29, 1.82) is 0 Å². The summed E-state index contributed by atoms with van der Waals surface area (Å²) in [7, 11) is 0. The van der Waals surface area contributed by atoms with E-state index in [1.54, 1.807) is 20.8 Å². The molecule has 130 valence electrons. The van der Waals surface area contributed by atoms with Crippen LogP contribution in [0.5, 0.6) is 0 Å². The third-order valence-corrected chi connectivity index (χ3v) is 4.21. The standard InChI is InChI=1S/C15H18BrN3O5/c1-8(2)24-15(21)17-7-9(3)18(10(4)20)14-6-12(19(22)23)11(16)5-13(14)17/h5-6,8-9H,7H2,1-4H3. The number of ether oxygens (including phenoxy) is 1. The average molecular weight is 400 g/mol. The number of nitro groups is 1. The molecule has 0 fully saturated rings. The summed E-state index contributed by atoms with van der Waals surface area (Å²) in [6, 6.07) is 2.43. The second-order valence-corrected chi connectivity index (χ2v) is 6.68. The molecule has 2 amide bonds. The van der Waals surface area contributed by atoms with E-state index in [9.17, 15) is 19.7 Å². The summed E-state index contributed by atoms with van der Waals surface area (Å²) in [6.45, 7) is 6.87. The number of anilines is 2. The first kappa shape index (κ1) is 18.2. The Bertz CT molecular complexity index is 707. The summed E-state index contributed by atoms with van der Waals surface area (Å²) in [5.74, 6) is -0.253. The molecule has 0 bridgehead atoms. The van der Waals surface area contributed by atoms with Crippen LogP contribution >= 0.6 is 15.9 Å². The zero-order chi connectivity index (χ0) is 18.2. The third kappa shape index (κ3) is 3.35. The lowest BCUT2D eigenvalue weighted by Crippen LogP contribution is -2.51. The molecule has 9 heteroatoms. The smallest absolute Gasteiger partial charge is 0.414 e. The molecule has 1 aliphatic heterocycles. The van der Waals surface area contributed by atoms with Crippen LogP contribution in [0.1, 0.15) is 27.7 Å². The molecule has 0 spiro atoms. The number of hydrogen-bond acceptors (Lipinski definition) is 5. The van der Waals surface area contributed by atoms with Gasteiger partial charge in [0.05, 0.1) is 32.9 Å². The minimum absolute atomic E-state index is 0.175. The quantitative estimate of drug-likeness (QED) is 0.560. The van der Waals surface area contributed by atoms with Gasteiger partial charge >= 0.3 is 6.09 Å². The molecule has 24 heavy (non-hydrogen) atoms. The van der Waals surface area contributed by atoms with E-state index in [1.807, 2.05) is 0 Å². The van der Waals surface area contributed by atoms with E-state index in [0.29, 0.717) is 11.4 Å². The molecule has 0 N–H and O–H groups in total. The minimum atomic E-state index is -0.554. The zero-order valence-corrected chi connectivity index (χ0v) is 15.4. The number of amides is 2. The molecular weight excluding hydrogens is 382 g/mol. The lowest BCUT2D eigenvalue weighted by molar-refractivity contribution is -0.385. The highest BCUT2D eigenvalue weighted by Gasteiger charge is 2.36. The third-order valence-electron chi connectivity index (χ3n) is 3.57. The van der Waals surface area contributed by atoms with Gasteiger partial charge in [-0.25, -0.2) is 4.79 Å². The molecule has 1 heterocycles. The molecule has 0 aromatic heterocycles. The van der Waals surface area contributed by atoms with E-state index in [0.717, 1.165) is 0 Å². The topological polar surface area (TPSA) is 93.0 Å². The zero-order valence-electron chi connectivity index (χ0n) is 13.8. The van der Waals surface area contributed by atoms with Crippen molar-refractivity contribution in [2.75, 3.05) is 16.3 Å². The monoisotopic (exact) mass is 399 g/mol. The number of carbonyl (C=O) groups is 2. The largest absolute Gasteiger partial charge is 0.446 e. The van der Waals surface area contributed by atoms with Gasteiger partial charge in [0.25, 0.3) is 5.69 Å². The first-order valence-electron chi connectivity index (χ1n) is 7.39. The van der Waals surface area contributed by atoms with Crippen molar-refractivity contribution in [1.82, 2.24) is 0 Å². The molecule has 8 nitrogen and oxygen atoms in total. The first-order chi connectivity index (χ1) is 11.1. The van der Waals surface area contributed by atoms with Crippen LogP contribution in [0.25, 0.3) is 0 Å². The fraction of sp³-hybridized carbons (Fsp3) is 0.467. The maximum atomic E-state index is 12.4. The van der Waals surface area contributed by atoms with E-state index < -0.39 is 11.0 Å². The molecule has 0 saturated heterocycles. The highest BCUT2D eigenvalue weighted by molar-refractivity contribution is 9.10. The summed E-state index contributed by atoms with van der Waals surface area (Å²) in [6.07, 6.45) is -0.856. The Balaban J connectivity index is 2.61. The predicted octanol–water partition coefficient (Wildman–Crippen LogP) is 3.46.